The molecule has 0 heterocycles. The maximum Gasteiger partial charge on any atom is 0.416 e. The molecule has 10 heteroatoms. The summed E-state index contributed by atoms with van der Waals surface area (Å²) in [5, 5.41) is 27.7. The van der Waals surface area contributed by atoms with Gasteiger partial charge in [-0.1, -0.05) is 0 Å². The molecule has 21 heavy (non-hydrogen) atoms. The Morgan fingerprint density at radius 3 is 2.43 bits per heavy atom. The largest absolute Gasteiger partial charge is 0.416 e. The fourth-order valence-electron chi connectivity index (χ4n) is 1.24. The van der Waals surface area contributed by atoms with Crippen LogP contribution in [0.15, 0.2) is 30.0 Å². The average Bonchev–Trinajstić information content (AvgIpc) is 2.42. The number of nitrogens with zero attached hydrogens (tertiary/aromatic N) is 3. The number of alkyl halides is 3. The van der Waals surface area contributed by atoms with Crippen LogP contribution < -0.4 is 10.9 Å². The Hall–Kier alpha value is -3.27. The molecular formula is C11H6F3N5O2. The fraction of sp³-hybridized carbons (Fsp3) is 0.0909. The number of allylic oxidation sites excluding steroid dienone is 1. The van der Waals surface area contributed by atoms with Crippen LogP contribution in [0.4, 0.5) is 24.5 Å². The van der Waals surface area contributed by atoms with Gasteiger partial charge in [0.05, 0.1) is 10.5 Å². The van der Waals surface area contributed by atoms with Crippen molar-refractivity contribution in [2.75, 3.05) is 5.43 Å². The Bertz CT molecular complexity index is 654. The predicted molar refractivity (Wildman–Crippen MR) is 64.2 cm³/mol. The number of hydrazine groups is 1. The van der Waals surface area contributed by atoms with Crippen LogP contribution in [-0.2, 0) is 6.18 Å². The van der Waals surface area contributed by atoms with E-state index in [0.717, 1.165) is 12.3 Å². The summed E-state index contributed by atoms with van der Waals surface area (Å²) in [5.41, 5.74) is 1.91. The van der Waals surface area contributed by atoms with E-state index in [2.05, 4.69) is 10.9 Å². The van der Waals surface area contributed by atoms with Gasteiger partial charge in [0, 0.05) is 12.3 Å². The Morgan fingerprint density at radius 1 is 1.33 bits per heavy atom. The zero-order chi connectivity index (χ0) is 16.0. The SMILES string of the molecule is N#CC(C#N)=CNNc1ccc(C(F)(F)F)cc1[N+](=O)[O-]. The van der Waals surface area contributed by atoms with E-state index in [4.69, 9.17) is 10.5 Å². The molecule has 0 bridgehead atoms. The lowest BCUT2D eigenvalue weighted by atomic mass is 10.1. The maximum atomic E-state index is 12.5. The first-order chi connectivity index (χ1) is 9.79. The minimum Gasteiger partial charge on any atom is -0.306 e. The van der Waals surface area contributed by atoms with Crippen molar-refractivity contribution < 1.29 is 18.1 Å². The quantitative estimate of drug-likeness (QED) is 0.501. The van der Waals surface area contributed by atoms with Gasteiger partial charge in [0.15, 0.2) is 0 Å². The van der Waals surface area contributed by atoms with Gasteiger partial charge in [-0.2, -0.15) is 23.7 Å². The third kappa shape index (κ3) is 4.11. The molecule has 108 valence electrons. The highest BCUT2D eigenvalue weighted by atomic mass is 19.4. The summed E-state index contributed by atoms with van der Waals surface area (Å²) in [6, 6.07) is 4.94. The second kappa shape index (κ2) is 6.25. The molecule has 0 radical (unpaired) electrons. The molecule has 0 saturated heterocycles. The second-order valence-corrected chi connectivity index (χ2v) is 3.54. The highest BCUT2D eigenvalue weighted by molar-refractivity contribution is 5.62. The standard InChI is InChI=1S/C11H6F3N5O2/c12-11(13,14)8-1-2-9(10(3-8)19(20)21)18-17-6-7(4-15)5-16/h1-3,6,17-18H. The fourth-order valence-corrected chi connectivity index (χ4v) is 1.24. The van der Waals surface area contributed by atoms with E-state index in [1.807, 2.05) is 0 Å². The van der Waals surface area contributed by atoms with Gasteiger partial charge in [-0.15, -0.1) is 0 Å². The van der Waals surface area contributed by atoms with E-state index in [9.17, 15) is 23.3 Å². The van der Waals surface area contributed by atoms with Crippen molar-refractivity contribution in [1.82, 2.24) is 5.43 Å². The number of rotatable bonds is 4. The van der Waals surface area contributed by atoms with E-state index < -0.39 is 22.4 Å². The number of nitriles is 2. The van der Waals surface area contributed by atoms with Gasteiger partial charge >= 0.3 is 6.18 Å². The molecule has 0 amide bonds. The Balaban J connectivity index is 3.04. The number of halogens is 3. The van der Waals surface area contributed by atoms with Crippen LogP contribution in [0, 0.1) is 32.8 Å². The van der Waals surface area contributed by atoms with Crippen molar-refractivity contribution in [3.05, 3.63) is 45.6 Å². The minimum absolute atomic E-state index is 0.250. The highest BCUT2D eigenvalue weighted by Gasteiger charge is 2.33. The summed E-state index contributed by atoms with van der Waals surface area (Å²) in [4.78, 5) is 9.77. The van der Waals surface area contributed by atoms with Gasteiger partial charge in [0.25, 0.3) is 5.69 Å². The first-order valence-corrected chi connectivity index (χ1v) is 5.17. The lowest BCUT2D eigenvalue weighted by molar-refractivity contribution is -0.384. The van der Waals surface area contributed by atoms with Gasteiger partial charge in [-0.3, -0.25) is 15.5 Å². The van der Waals surface area contributed by atoms with Crippen LogP contribution >= 0.6 is 0 Å². The summed E-state index contributed by atoms with van der Waals surface area (Å²) in [7, 11) is 0. The van der Waals surface area contributed by atoms with Crippen LogP contribution in [0.25, 0.3) is 0 Å². The number of anilines is 1. The first-order valence-electron chi connectivity index (χ1n) is 5.17. The van der Waals surface area contributed by atoms with Gasteiger partial charge in [-0.25, -0.2) is 0 Å². The normalized spacial score (nSPS) is 9.95. The Kier molecular flexibility index (Phi) is 4.70. The molecule has 0 aliphatic heterocycles. The highest BCUT2D eigenvalue weighted by Crippen LogP contribution is 2.34. The molecule has 0 fully saturated rings. The minimum atomic E-state index is -4.70. The third-order valence-electron chi connectivity index (χ3n) is 2.19. The predicted octanol–water partition coefficient (Wildman–Crippen LogP) is 2.46. The number of nitrogens with one attached hydrogen (secondary N) is 2. The van der Waals surface area contributed by atoms with Crippen molar-refractivity contribution in [3.63, 3.8) is 0 Å². The van der Waals surface area contributed by atoms with Crippen molar-refractivity contribution in [1.29, 1.82) is 10.5 Å². The number of hydrogen-bond acceptors (Lipinski definition) is 6. The third-order valence-corrected chi connectivity index (χ3v) is 2.19. The summed E-state index contributed by atoms with van der Waals surface area (Å²) in [5.74, 6) is 0. The van der Waals surface area contributed by atoms with Gasteiger partial charge in [0.2, 0.25) is 0 Å². The average molecular weight is 297 g/mol. The summed E-state index contributed by atoms with van der Waals surface area (Å²) in [6.45, 7) is 0. The molecule has 1 rings (SSSR count). The lowest BCUT2D eigenvalue weighted by Crippen LogP contribution is -2.17. The molecule has 0 saturated carbocycles. The second-order valence-electron chi connectivity index (χ2n) is 3.54. The zero-order valence-electron chi connectivity index (χ0n) is 10.1. The summed E-state index contributed by atoms with van der Waals surface area (Å²) in [6.07, 6.45) is -3.78. The molecular weight excluding hydrogens is 291 g/mol. The lowest BCUT2D eigenvalue weighted by Gasteiger charge is -2.10. The topological polar surface area (TPSA) is 115 Å². The molecule has 0 unspecified atom stereocenters. The molecule has 0 aliphatic rings. The molecule has 0 atom stereocenters. The van der Waals surface area contributed by atoms with Crippen LogP contribution in [0.1, 0.15) is 5.56 Å². The van der Waals surface area contributed by atoms with Crippen molar-refractivity contribution in [2.24, 2.45) is 0 Å². The summed E-state index contributed by atoms with van der Waals surface area (Å²) < 4.78 is 37.4. The van der Waals surface area contributed by atoms with E-state index in [1.54, 1.807) is 0 Å². The maximum absolute atomic E-state index is 12.5. The smallest absolute Gasteiger partial charge is 0.306 e. The van der Waals surface area contributed by atoms with Gasteiger partial charge < -0.3 is 5.43 Å². The van der Waals surface area contributed by atoms with Crippen LogP contribution in [0.5, 0.6) is 0 Å². The molecule has 2 N–H and O–H groups in total. The zero-order valence-corrected chi connectivity index (χ0v) is 10.1. The molecule has 0 aliphatic carbocycles. The van der Waals surface area contributed by atoms with Crippen molar-refractivity contribution in [3.8, 4) is 12.1 Å². The number of hydrogen-bond donors (Lipinski definition) is 2. The first kappa shape index (κ1) is 15.8. The van der Waals surface area contributed by atoms with Crippen molar-refractivity contribution >= 4 is 11.4 Å². The number of nitro groups is 1. The van der Waals surface area contributed by atoms with E-state index in [1.165, 1.54) is 12.1 Å². The number of benzene rings is 1. The van der Waals surface area contributed by atoms with Crippen molar-refractivity contribution in [2.45, 2.75) is 6.18 Å². The van der Waals surface area contributed by atoms with E-state index in [0.29, 0.717) is 12.1 Å². The molecule has 1 aromatic carbocycles. The van der Waals surface area contributed by atoms with E-state index in [-0.39, 0.29) is 11.3 Å². The van der Waals surface area contributed by atoms with Crippen LogP contribution in [0.2, 0.25) is 0 Å². The molecule has 0 spiro atoms. The molecule has 1 aromatic rings. The van der Waals surface area contributed by atoms with Gasteiger partial charge in [-0.05, 0) is 12.1 Å². The van der Waals surface area contributed by atoms with Gasteiger partial charge in [0.1, 0.15) is 23.4 Å². The van der Waals surface area contributed by atoms with E-state index >= 15 is 0 Å². The van der Waals surface area contributed by atoms with Crippen LogP contribution in [-0.4, -0.2) is 4.92 Å². The molecule has 7 nitrogen and oxygen atoms in total. The monoisotopic (exact) mass is 297 g/mol. The number of nitro benzene ring substituents is 1. The summed E-state index contributed by atoms with van der Waals surface area (Å²) >= 11 is 0. The van der Waals surface area contributed by atoms with Crippen LogP contribution in [0.3, 0.4) is 0 Å². The Morgan fingerprint density at radius 2 is 1.95 bits per heavy atom. The molecule has 0 aromatic heterocycles. The Labute approximate surface area is 116 Å².